The van der Waals surface area contributed by atoms with Crippen molar-refractivity contribution in [2.75, 3.05) is 0 Å². The Morgan fingerprint density at radius 1 is 1.33 bits per heavy atom. The van der Waals surface area contributed by atoms with Crippen LogP contribution >= 0.6 is 23.2 Å². The third-order valence-corrected chi connectivity index (χ3v) is 5.71. The maximum absolute atomic E-state index is 11.8. The van der Waals surface area contributed by atoms with Crippen LogP contribution in [0.2, 0.25) is 10.0 Å². The van der Waals surface area contributed by atoms with E-state index in [4.69, 9.17) is 27.9 Å². The van der Waals surface area contributed by atoms with Crippen LogP contribution in [0.3, 0.4) is 0 Å². The molecular formula is C18H18Cl2O4. The molecule has 6 heteroatoms. The van der Waals surface area contributed by atoms with Crippen LogP contribution in [-0.2, 0) is 16.0 Å². The second-order valence-electron chi connectivity index (χ2n) is 7.22. The minimum Gasteiger partial charge on any atom is -0.478 e. The lowest BCUT2D eigenvalue weighted by Gasteiger charge is -2.29. The Kier molecular flexibility index (Phi) is 3.97. The first-order valence-electron chi connectivity index (χ1n) is 7.74. The molecule has 24 heavy (non-hydrogen) atoms. The van der Waals surface area contributed by atoms with Gasteiger partial charge in [0.25, 0.3) is 0 Å². The number of ether oxygens (including phenoxy) is 1. The van der Waals surface area contributed by atoms with E-state index < -0.39 is 11.6 Å². The molecule has 1 unspecified atom stereocenters. The molecule has 0 heterocycles. The van der Waals surface area contributed by atoms with Crippen molar-refractivity contribution in [2.24, 2.45) is 5.41 Å². The summed E-state index contributed by atoms with van der Waals surface area (Å²) in [7, 11) is 0. The number of allylic oxidation sites excluding steroid dienone is 2. The van der Waals surface area contributed by atoms with E-state index >= 15 is 0 Å². The van der Waals surface area contributed by atoms with Gasteiger partial charge in [-0.2, -0.15) is 0 Å². The van der Waals surface area contributed by atoms with Crippen LogP contribution in [0.1, 0.15) is 44.7 Å². The second kappa shape index (κ2) is 5.50. The number of carbonyl (C=O) groups is 2. The van der Waals surface area contributed by atoms with Gasteiger partial charge in [-0.1, -0.05) is 30.1 Å². The van der Waals surface area contributed by atoms with Gasteiger partial charge in [0.15, 0.2) is 11.4 Å². The molecule has 0 aliphatic heterocycles. The summed E-state index contributed by atoms with van der Waals surface area (Å²) in [6, 6.07) is 1.75. The summed E-state index contributed by atoms with van der Waals surface area (Å²) in [4.78, 5) is 23.1. The molecular weight excluding hydrogens is 351 g/mol. The Balaban J connectivity index is 2.12. The van der Waals surface area contributed by atoms with Gasteiger partial charge in [-0.3, -0.25) is 4.79 Å². The van der Waals surface area contributed by atoms with Gasteiger partial charge in [0.1, 0.15) is 10.8 Å². The van der Waals surface area contributed by atoms with Crippen LogP contribution in [0, 0.1) is 5.41 Å². The van der Waals surface area contributed by atoms with Gasteiger partial charge in [-0.25, -0.2) is 4.79 Å². The Morgan fingerprint density at radius 2 is 2.00 bits per heavy atom. The molecule has 2 aliphatic carbocycles. The van der Waals surface area contributed by atoms with Crippen LogP contribution in [-0.4, -0.2) is 22.5 Å². The Labute approximate surface area is 150 Å². The lowest BCUT2D eigenvalue weighted by molar-refractivity contribution is -0.152. The number of ketones is 1. The molecule has 0 radical (unpaired) electrons. The highest BCUT2D eigenvalue weighted by molar-refractivity contribution is 6.44. The van der Waals surface area contributed by atoms with E-state index in [1.165, 1.54) is 13.8 Å². The van der Waals surface area contributed by atoms with E-state index in [1.807, 2.05) is 0 Å². The number of aliphatic carboxylic acids is 1. The molecule has 1 atom stereocenters. The van der Waals surface area contributed by atoms with E-state index in [1.54, 1.807) is 12.1 Å². The van der Waals surface area contributed by atoms with E-state index in [0.717, 1.165) is 29.5 Å². The van der Waals surface area contributed by atoms with Crippen LogP contribution in [0.25, 0.3) is 5.57 Å². The largest absolute Gasteiger partial charge is 0.478 e. The monoisotopic (exact) mass is 368 g/mol. The average molecular weight is 369 g/mol. The van der Waals surface area contributed by atoms with Gasteiger partial charge in [0, 0.05) is 12.0 Å². The number of carboxylic acids is 1. The minimum atomic E-state index is -1.42. The summed E-state index contributed by atoms with van der Waals surface area (Å²) >= 11 is 12.8. The SMILES string of the molecule is CC12CCC(=O)C=C1c1c(cc(OC(C)(C)C(=O)O)c(Cl)c1Cl)C2. The van der Waals surface area contributed by atoms with Gasteiger partial charge in [-0.15, -0.1) is 0 Å². The first-order valence-corrected chi connectivity index (χ1v) is 8.49. The number of carboxylic acid groups (broad SMARTS) is 1. The van der Waals surface area contributed by atoms with Gasteiger partial charge in [0.05, 0.1) is 5.02 Å². The number of hydrogen-bond donors (Lipinski definition) is 1. The maximum Gasteiger partial charge on any atom is 0.347 e. The standard InChI is InChI=1S/C18H18Cl2O4/c1-17(2,16(22)23)24-12-6-9-8-18(3)5-4-10(21)7-11(18)13(9)15(20)14(12)19/h6-7H,4-5,8H2,1-3H3,(H,22,23). The Bertz CT molecular complexity index is 795. The highest BCUT2D eigenvalue weighted by Gasteiger charge is 2.43. The molecule has 0 saturated carbocycles. The van der Waals surface area contributed by atoms with Gasteiger partial charge >= 0.3 is 5.97 Å². The maximum atomic E-state index is 11.8. The molecule has 0 spiro atoms. The summed E-state index contributed by atoms with van der Waals surface area (Å²) in [5.41, 5.74) is 1.07. The molecule has 128 valence electrons. The predicted octanol–water partition coefficient (Wildman–Crippen LogP) is 4.54. The normalized spacial score (nSPS) is 22.7. The topological polar surface area (TPSA) is 63.6 Å². The number of benzene rings is 1. The van der Waals surface area contributed by atoms with Crippen LogP contribution in [0.4, 0.5) is 0 Å². The molecule has 2 aliphatic rings. The smallest absolute Gasteiger partial charge is 0.347 e. The zero-order valence-electron chi connectivity index (χ0n) is 13.7. The third-order valence-electron chi connectivity index (χ3n) is 4.86. The molecule has 4 nitrogen and oxygen atoms in total. The quantitative estimate of drug-likeness (QED) is 0.850. The second-order valence-corrected chi connectivity index (χ2v) is 7.97. The third kappa shape index (κ3) is 2.62. The fourth-order valence-electron chi connectivity index (χ4n) is 3.40. The Hall–Kier alpha value is -1.52. The molecule has 0 amide bonds. The first-order chi connectivity index (χ1) is 11.0. The molecule has 3 rings (SSSR count). The lowest BCUT2D eigenvalue weighted by atomic mass is 9.74. The summed E-state index contributed by atoms with van der Waals surface area (Å²) < 4.78 is 5.61. The van der Waals surface area contributed by atoms with Crippen molar-refractivity contribution in [3.05, 3.63) is 33.3 Å². The molecule has 0 saturated heterocycles. The summed E-state index contributed by atoms with van der Waals surface area (Å²) in [5.74, 6) is -0.749. The average Bonchev–Trinajstić information content (AvgIpc) is 2.76. The highest BCUT2D eigenvalue weighted by atomic mass is 35.5. The molecule has 1 aromatic carbocycles. The van der Waals surface area contributed by atoms with E-state index in [-0.39, 0.29) is 22.0 Å². The molecule has 1 N–H and O–H groups in total. The van der Waals surface area contributed by atoms with E-state index in [9.17, 15) is 14.7 Å². The van der Waals surface area contributed by atoms with Gasteiger partial charge < -0.3 is 9.84 Å². The molecule has 0 fully saturated rings. The molecule has 1 aromatic rings. The zero-order chi connectivity index (χ0) is 17.9. The minimum absolute atomic E-state index is 0.0925. The van der Waals surface area contributed by atoms with Crippen LogP contribution in [0.5, 0.6) is 5.75 Å². The summed E-state index contributed by atoms with van der Waals surface area (Å²) in [6.07, 6.45) is 3.67. The van der Waals surface area contributed by atoms with Gasteiger partial charge in [-0.05, 0) is 55.4 Å². The van der Waals surface area contributed by atoms with Crippen molar-refractivity contribution in [1.29, 1.82) is 0 Å². The number of rotatable bonds is 3. The predicted molar refractivity (Wildman–Crippen MR) is 92.8 cm³/mol. The van der Waals surface area contributed by atoms with Crippen molar-refractivity contribution in [2.45, 2.75) is 45.6 Å². The van der Waals surface area contributed by atoms with Crippen molar-refractivity contribution in [1.82, 2.24) is 0 Å². The summed E-state index contributed by atoms with van der Waals surface area (Å²) in [6.45, 7) is 5.02. The van der Waals surface area contributed by atoms with Crippen LogP contribution in [0.15, 0.2) is 12.1 Å². The fraction of sp³-hybridized carbons (Fsp3) is 0.444. The van der Waals surface area contributed by atoms with Gasteiger partial charge in [0.2, 0.25) is 0 Å². The first kappa shape index (κ1) is 17.3. The van der Waals surface area contributed by atoms with E-state index in [0.29, 0.717) is 11.4 Å². The number of halogens is 2. The number of fused-ring (bicyclic) bond motifs is 3. The zero-order valence-corrected chi connectivity index (χ0v) is 15.2. The van der Waals surface area contributed by atoms with Crippen molar-refractivity contribution < 1.29 is 19.4 Å². The van der Waals surface area contributed by atoms with Crippen molar-refractivity contribution in [3.8, 4) is 5.75 Å². The number of hydrogen-bond acceptors (Lipinski definition) is 3. The Morgan fingerprint density at radius 3 is 2.62 bits per heavy atom. The van der Waals surface area contributed by atoms with Crippen LogP contribution < -0.4 is 4.74 Å². The number of carbonyl (C=O) groups excluding carboxylic acids is 1. The van der Waals surface area contributed by atoms with E-state index in [2.05, 4.69) is 6.92 Å². The van der Waals surface area contributed by atoms with Crippen molar-refractivity contribution >= 4 is 40.5 Å². The molecule has 0 bridgehead atoms. The summed E-state index contributed by atoms with van der Waals surface area (Å²) in [5, 5.41) is 9.74. The van der Waals surface area contributed by atoms with Crippen molar-refractivity contribution in [3.63, 3.8) is 0 Å². The highest BCUT2D eigenvalue weighted by Crippen LogP contribution is 2.56. The lowest BCUT2D eigenvalue weighted by Crippen LogP contribution is -2.38. The fourth-order valence-corrected chi connectivity index (χ4v) is 3.90. The molecule has 0 aromatic heterocycles.